The lowest BCUT2D eigenvalue weighted by atomic mass is 9.98. The number of carbonyl (C=O) groups excluding carboxylic acids is 1. The smallest absolute Gasteiger partial charge is 0.147 e. The second kappa shape index (κ2) is 4.72. The number of hydrogen-bond acceptors (Lipinski definition) is 4. The Labute approximate surface area is 79.4 Å². The van der Waals surface area contributed by atoms with Crippen LogP contribution in [0.15, 0.2) is 0 Å². The van der Waals surface area contributed by atoms with E-state index in [-0.39, 0.29) is 29.9 Å². The van der Waals surface area contributed by atoms with Gasteiger partial charge in [0.1, 0.15) is 15.6 Å². The van der Waals surface area contributed by atoms with Crippen molar-refractivity contribution in [2.24, 2.45) is 11.7 Å². The Morgan fingerprint density at radius 3 is 2.15 bits per heavy atom. The van der Waals surface area contributed by atoms with Crippen LogP contribution in [0.4, 0.5) is 0 Å². The summed E-state index contributed by atoms with van der Waals surface area (Å²) in [5, 5.41) is 0. The Hall–Kier alpha value is -0.420. The Balaban J connectivity index is 4.03. The van der Waals surface area contributed by atoms with E-state index in [9.17, 15) is 13.2 Å². The third-order valence-corrected chi connectivity index (χ3v) is 2.96. The highest BCUT2D eigenvalue weighted by atomic mass is 32.2. The summed E-state index contributed by atoms with van der Waals surface area (Å²) in [5.41, 5.74) is 5.51. The van der Waals surface area contributed by atoms with E-state index in [2.05, 4.69) is 0 Å². The van der Waals surface area contributed by atoms with Gasteiger partial charge in [-0.3, -0.25) is 4.79 Å². The van der Waals surface area contributed by atoms with Gasteiger partial charge < -0.3 is 5.73 Å². The van der Waals surface area contributed by atoms with E-state index in [1.165, 1.54) is 0 Å². The zero-order valence-electron chi connectivity index (χ0n) is 8.28. The Kier molecular flexibility index (Phi) is 4.56. The first-order chi connectivity index (χ1) is 5.74. The molecule has 0 aromatic heterocycles. The van der Waals surface area contributed by atoms with Gasteiger partial charge in [-0.2, -0.15) is 0 Å². The van der Waals surface area contributed by atoms with Gasteiger partial charge in [-0.15, -0.1) is 0 Å². The number of carbonyl (C=O) groups is 1. The lowest BCUT2D eigenvalue weighted by Crippen LogP contribution is -2.31. The van der Waals surface area contributed by atoms with E-state index in [4.69, 9.17) is 5.73 Å². The minimum Gasteiger partial charge on any atom is -0.327 e. The third-order valence-electron chi connectivity index (χ3n) is 2.02. The van der Waals surface area contributed by atoms with Gasteiger partial charge in [0.2, 0.25) is 0 Å². The van der Waals surface area contributed by atoms with E-state index in [1.807, 2.05) is 0 Å². The minimum atomic E-state index is -3.04. The van der Waals surface area contributed by atoms with Gasteiger partial charge in [0.05, 0.1) is 5.75 Å². The fourth-order valence-electron chi connectivity index (χ4n) is 0.807. The molecule has 0 rings (SSSR count). The summed E-state index contributed by atoms with van der Waals surface area (Å²) in [5.74, 6) is -0.426. The monoisotopic (exact) mass is 207 g/mol. The summed E-state index contributed by atoms with van der Waals surface area (Å²) in [6.07, 6.45) is 1.19. The molecule has 0 aromatic rings. The Morgan fingerprint density at radius 1 is 1.38 bits per heavy atom. The quantitative estimate of drug-likeness (QED) is 0.687. The molecule has 5 heteroatoms. The molecule has 2 unspecified atom stereocenters. The number of Topliss-reactive ketones (excluding diaryl/α,β-unsaturated/α-hetero) is 1. The molecular weight excluding hydrogens is 190 g/mol. The predicted molar refractivity (Wildman–Crippen MR) is 52.1 cm³/mol. The van der Waals surface area contributed by atoms with Crippen LogP contribution in [0.5, 0.6) is 0 Å². The van der Waals surface area contributed by atoms with Crippen LogP contribution in [0, 0.1) is 5.92 Å². The summed E-state index contributed by atoms with van der Waals surface area (Å²) in [4.78, 5) is 11.3. The standard InChI is InChI=1S/C8H17NO3S/c1-6(7(2)9)8(10)4-5-13(3,11)12/h6-7H,4-5,9H2,1-3H3. The van der Waals surface area contributed by atoms with Crippen LogP contribution >= 0.6 is 0 Å². The van der Waals surface area contributed by atoms with Crippen molar-refractivity contribution in [1.29, 1.82) is 0 Å². The zero-order chi connectivity index (χ0) is 10.6. The van der Waals surface area contributed by atoms with Crippen LogP contribution in [-0.4, -0.2) is 32.3 Å². The van der Waals surface area contributed by atoms with Crippen molar-refractivity contribution in [3.05, 3.63) is 0 Å². The molecule has 0 saturated heterocycles. The molecule has 0 heterocycles. The predicted octanol–water partition coefficient (Wildman–Crippen LogP) is -0.0265. The molecule has 78 valence electrons. The molecule has 0 spiro atoms. The molecule has 0 fully saturated rings. The van der Waals surface area contributed by atoms with Crippen LogP contribution in [-0.2, 0) is 14.6 Å². The molecule has 0 saturated carbocycles. The first kappa shape index (κ1) is 12.6. The van der Waals surface area contributed by atoms with E-state index in [1.54, 1.807) is 13.8 Å². The highest BCUT2D eigenvalue weighted by Crippen LogP contribution is 2.05. The summed E-state index contributed by atoms with van der Waals surface area (Å²) in [7, 11) is -3.04. The zero-order valence-corrected chi connectivity index (χ0v) is 9.10. The molecule has 0 radical (unpaired) electrons. The van der Waals surface area contributed by atoms with Gasteiger partial charge >= 0.3 is 0 Å². The molecule has 2 atom stereocenters. The van der Waals surface area contributed by atoms with Gasteiger partial charge in [0.25, 0.3) is 0 Å². The van der Waals surface area contributed by atoms with Crippen LogP contribution in [0.25, 0.3) is 0 Å². The second-order valence-electron chi connectivity index (χ2n) is 3.49. The van der Waals surface area contributed by atoms with Crippen molar-refractivity contribution in [1.82, 2.24) is 0 Å². The first-order valence-electron chi connectivity index (χ1n) is 4.20. The SMILES string of the molecule is CC(N)C(C)C(=O)CCS(C)(=O)=O. The van der Waals surface area contributed by atoms with Crippen molar-refractivity contribution in [3.63, 3.8) is 0 Å². The van der Waals surface area contributed by atoms with Gasteiger partial charge in [0.15, 0.2) is 0 Å². The molecule has 0 aliphatic heterocycles. The van der Waals surface area contributed by atoms with Crippen molar-refractivity contribution in [3.8, 4) is 0 Å². The summed E-state index contributed by atoms with van der Waals surface area (Å²) < 4.78 is 21.5. The molecule has 0 amide bonds. The summed E-state index contributed by atoms with van der Waals surface area (Å²) >= 11 is 0. The van der Waals surface area contributed by atoms with Crippen molar-refractivity contribution in [2.75, 3.05) is 12.0 Å². The minimum absolute atomic E-state index is 0.0710. The van der Waals surface area contributed by atoms with Gasteiger partial charge in [-0.05, 0) is 6.92 Å². The molecule has 0 bridgehead atoms. The maximum Gasteiger partial charge on any atom is 0.147 e. The molecule has 4 nitrogen and oxygen atoms in total. The van der Waals surface area contributed by atoms with E-state index < -0.39 is 9.84 Å². The average molecular weight is 207 g/mol. The topological polar surface area (TPSA) is 77.2 Å². The molecule has 13 heavy (non-hydrogen) atoms. The maximum absolute atomic E-state index is 11.3. The molecule has 0 aliphatic carbocycles. The molecule has 0 aliphatic rings. The largest absolute Gasteiger partial charge is 0.327 e. The average Bonchev–Trinajstić information content (AvgIpc) is 1.97. The Morgan fingerprint density at radius 2 is 1.85 bits per heavy atom. The first-order valence-corrected chi connectivity index (χ1v) is 6.26. The highest BCUT2D eigenvalue weighted by Gasteiger charge is 2.18. The highest BCUT2D eigenvalue weighted by molar-refractivity contribution is 7.90. The maximum atomic E-state index is 11.3. The van der Waals surface area contributed by atoms with Crippen molar-refractivity contribution >= 4 is 15.6 Å². The molecular formula is C8H17NO3S. The van der Waals surface area contributed by atoms with E-state index >= 15 is 0 Å². The van der Waals surface area contributed by atoms with E-state index in [0.29, 0.717) is 0 Å². The lowest BCUT2D eigenvalue weighted by molar-refractivity contribution is -0.122. The molecule has 0 aromatic carbocycles. The summed E-state index contributed by atoms with van der Waals surface area (Å²) in [6.45, 7) is 3.46. The number of sulfone groups is 1. The van der Waals surface area contributed by atoms with Gasteiger partial charge in [-0.25, -0.2) is 8.42 Å². The van der Waals surface area contributed by atoms with Crippen LogP contribution in [0.2, 0.25) is 0 Å². The summed E-state index contributed by atoms with van der Waals surface area (Å²) in [6, 6.07) is -0.216. The Bertz CT molecular complexity index is 269. The molecule has 2 N–H and O–H groups in total. The second-order valence-corrected chi connectivity index (χ2v) is 5.75. The number of hydrogen-bond donors (Lipinski definition) is 1. The van der Waals surface area contributed by atoms with E-state index in [0.717, 1.165) is 6.26 Å². The fraction of sp³-hybridized carbons (Fsp3) is 0.875. The fourth-order valence-corrected chi connectivity index (χ4v) is 1.38. The normalized spacial score (nSPS) is 16.6. The number of ketones is 1. The number of nitrogens with two attached hydrogens (primary N) is 1. The van der Waals surface area contributed by atoms with Gasteiger partial charge in [0, 0.05) is 24.6 Å². The number of rotatable bonds is 5. The van der Waals surface area contributed by atoms with Crippen molar-refractivity contribution in [2.45, 2.75) is 26.3 Å². The van der Waals surface area contributed by atoms with Crippen LogP contribution in [0.1, 0.15) is 20.3 Å². The third kappa shape index (κ3) is 5.76. The lowest BCUT2D eigenvalue weighted by Gasteiger charge is -2.13. The van der Waals surface area contributed by atoms with Gasteiger partial charge in [-0.1, -0.05) is 6.92 Å². The van der Waals surface area contributed by atoms with Crippen LogP contribution < -0.4 is 5.73 Å². The van der Waals surface area contributed by atoms with Crippen LogP contribution in [0.3, 0.4) is 0 Å². The van der Waals surface area contributed by atoms with Crippen molar-refractivity contribution < 1.29 is 13.2 Å².